The lowest BCUT2D eigenvalue weighted by atomic mass is 10.1. The molecular formula is C13H20N2O4S2. The molecule has 2 rings (SSSR count). The highest BCUT2D eigenvalue weighted by molar-refractivity contribution is 7.89. The van der Waals surface area contributed by atoms with Crippen molar-refractivity contribution in [2.75, 3.05) is 14.2 Å². The van der Waals surface area contributed by atoms with E-state index in [-0.39, 0.29) is 0 Å². The van der Waals surface area contributed by atoms with Gasteiger partial charge in [0, 0.05) is 18.5 Å². The number of thiazole rings is 1. The maximum absolute atomic E-state index is 12.7. The van der Waals surface area contributed by atoms with Crippen molar-refractivity contribution < 1.29 is 17.9 Å². The molecule has 0 amide bonds. The first-order valence-electron chi connectivity index (χ1n) is 6.80. The van der Waals surface area contributed by atoms with Gasteiger partial charge in [-0.1, -0.05) is 6.42 Å². The fourth-order valence-electron chi connectivity index (χ4n) is 2.70. The molecule has 118 valence electrons. The van der Waals surface area contributed by atoms with Crippen molar-refractivity contribution in [2.24, 2.45) is 5.92 Å². The number of ether oxygens (including phenoxy) is 1. The number of aromatic nitrogens is 1. The van der Waals surface area contributed by atoms with Crippen LogP contribution in [0.4, 0.5) is 0 Å². The molecule has 0 spiro atoms. The number of esters is 1. The molecule has 2 atom stereocenters. The molecule has 1 saturated carbocycles. The molecule has 0 aromatic carbocycles. The van der Waals surface area contributed by atoms with E-state index in [4.69, 9.17) is 4.74 Å². The van der Waals surface area contributed by atoms with E-state index in [1.807, 2.05) is 6.92 Å². The lowest BCUT2D eigenvalue weighted by Crippen LogP contribution is -2.40. The normalized spacial score (nSPS) is 22.7. The molecule has 1 aromatic rings. The van der Waals surface area contributed by atoms with E-state index in [1.54, 1.807) is 12.6 Å². The Labute approximate surface area is 129 Å². The summed E-state index contributed by atoms with van der Waals surface area (Å²) in [6, 6.07) is 0. The zero-order valence-corrected chi connectivity index (χ0v) is 14.0. The number of carbonyl (C=O) groups excluding carboxylic acids is 1. The Bertz CT molecular complexity index is 611. The van der Waals surface area contributed by atoms with Crippen molar-refractivity contribution in [3.05, 3.63) is 16.1 Å². The van der Waals surface area contributed by atoms with Crippen LogP contribution in [0.1, 0.15) is 29.8 Å². The predicted octanol–water partition coefficient (Wildman–Crippen LogP) is 1.55. The minimum atomic E-state index is -3.52. The lowest BCUT2D eigenvalue weighted by molar-refractivity contribution is -0.145. The maximum Gasteiger partial charge on any atom is 0.310 e. The summed E-state index contributed by atoms with van der Waals surface area (Å²) in [4.78, 5) is 16.8. The fraction of sp³-hybridized carbons (Fsp3) is 0.692. The number of methoxy groups -OCH3 is 1. The van der Waals surface area contributed by atoms with Crippen LogP contribution < -0.4 is 0 Å². The van der Waals surface area contributed by atoms with Crippen molar-refractivity contribution in [3.63, 3.8) is 0 Å². The summed E-state index contributed by atoms with van der Waals surface area (Å²) in [5.74, 6) is -0.978. The topological polar surface area (TPSA) is 76.6 Å². The molecule has 0 radical (unpaired) electrons. The van der Waals surface area contributed by atoms with Crippen LogP contribution in [0.2, 0.25) is 0 Å². The SMILES string of the molecule is COC(=O)C1CCCC1S(=O)(=O)N(C)Cc1scnc1C. The third-order valence-electron chi connectivity index (χ3n) is 3.98. The quantitative estimate of drug-likeness (QED) is 0.765. The second-order valence-corrected chi connectivity index (χ2v) is 8.46. The average molecular weight is 332 g/mol. The number of sulfonamides is 1. The zero-order valence-electron chi connectivity index (χ0n) is 12.4. The molecule has 0 bridgehead atoms. The van der Waals surface area contributed by atoms with E-state index in [0.717, 1.165) is 17.0 Å². The van der Waals surface area contributed by atoms with Gasteiger partial charge in [-0.15, -0.1) is 11.3 Å². The molecule has 1 aromatic heterocycles. The Balaban J connectivity index is 2.17. The summed E-state index contributed by atoms with van der Waals surface area (Å²) in [5.41, 5.74) is 2.55. The summed E-state index contributed by atoms with van der Waals surface area (Å²) >= 11 is 1.44. The number of hydrogen-bond acceptors (Lipinski definition) is 6. The average Bonchev–Trinajstić information content (AvgIpc) is 3.08. The molecule has 1 heterocycles. The number of nitrogens with zero attached hydrogens (tertiary/aromatic N) is 2. The lowest BCUT2D eigenvalue weighted by Gasteiger charge is -2.24. The van der Waals surface area contributed by atoms with Gasteiger partial charge < -0.3 is 4.74 Å². The van der Waals surface area contributed by atoms with Crippen LogP contribution in [0.25, 0.3) is 0 Å². The molecule has 2 unspecified atom stereocenters. The molecule has 8 heteroatoms. The third-order valence-corrected chi connectivity index (χ3v) is 7.23. The summed E-state index contributed by atoms with van der Waals surface area (Å²) in [6.07, 6.45) is 1.81. The minimum Gasteiger partial charge on any atom is -0.469 e. The predicted molar refractivity (Wildman–Crippen MR) is 80.4 cm³/mol. The molecule has 6 nitrogen and oxygen atoms in total. The number of aryl methyl sites for hydroxylation is 1. The van der Waals surface area contributed by atoms with Gasteiger partial charge in [0.25, 0.3) is 0 Å². The van der Waals surface area contributed by atoms with Gasteiger partial charge in [0.2, 0.25) is 10.0 Å². The van der Waals surface area contributed by atoms with Crippen molar-refractivity contribution in [3.8, 4) is 0 Å². The van der Waals surface area contributed by atoms with Crippen LogP contribution >= 0.6 is 11.3 Å². The van der Waals surface area contributed by atoms with E-state index in [2.05, 4.69) is 4.98 Å². The van der Waals surface area contributed by atoms with E-state index >= 15 is 0 Å². The van der Waals surface area contributed by atoms with Crippen LogP contribution in [0.5, 0.6) is 0 Å². The van der Waals surface area contributed by atoms with Gasteiger partial charge in [0.1, 0.15) is 0 Å². The van der Waals surface area contributed by atoms with Gasteiger partial charge in [0.05, 0.1) is 29.5 Å². The first-order chi connectivity index (χ1) is 9.87. The Morgan fingerprint density at radius 3 is 2.81 bits per heavy atom. The van der Waals surface area contributed by atoms with Gasteiger partial charge >= 0.3 is 5.97 Å². The van der Waals surface area contributed by atoms with E-state index < -0.39 is 27.2 Å². The second-order valence-electron chi connectivity index (χ2n) is 5.26. The number of hydrogen-bond donors (Lipinski definition) is 0. The standard InChI is InChI=1S/C13H20N2O4S2/c1-9-11(20-8-14-9)7-15(2)21(17,18)12-6-4-5-10(12)13(16)19-3/h8,10,12H,4-7H2,1-3H3. The van der Waals surface area contributed by atoms with Gasteiger partial charge in [-0.25, -0.2) is 13.4 Å². The van der Waals surface area contributed by atoms with Crippen LogP contribution in [-0.4, -0.2) is 43.1 Å². The molecule has 0 aliphatic heterocycles. The number of carbonyl (C=O) groups is 1. The summed E-state index contributed by atoms with van der Waals surface area (Å²) in [5, 5.41) is -0.678. The van der Waals surface area contributed by atoms with Crippen LogP contribution in [0.3, 0.4) is 0 Å². The first-order valence-corrected chi connectivity index (χ1v) is 9.18. The van der Waals surface area contributed by atoms with Crippen molar-refractivity contribution in [1.82, 2.24) is 9.29 Å². The van der Waals surface area contributed by atoms with Crippen LogP contribution in [-0.2, 0) is 26.1 Å². The van der Waals surface area contributed by atoms with Crippen molar-refractivity contribution >= 4 is 27.3 Å². The second kappa shape index (κ2) is 6.41. The largest absolute Gasteiger partial charge is 0.469 e. The Hall–Kier alpha value is -0.990. The zero-order chi connectivity index (χ0) is 15.6. The van der Waals surface area contributed by atoms with Gasteiger partial charge in [-0.3, -0.25) is 4.79 Å². The molecular weight excluding hydrogens is 312 g/mol. The summed E-state index contributed by atoms with van der Waals surface area (Å²) in [6.45, 7) is 2.16. The minimum absolute atomic E-state index is 0.295. The van der Waals surface area contributed by atoms with Crippen molar-refractivity contribution in [1.29, 1.82) is 0 Å². The molecule has 1 fully saturated rings. The van der Waals surface area contributed by atoms with E-state index in [0.29, 0.717) is 19.4 Å². The Morgan fingerprint density at radius 1 is 1.52 bits per heavy atom. The molecule has 1 aliphatic rings. The molecule has 0 saturated heterocycles. The Morgan fingerprint density at radius 2 is 2.24 bits per heavy atom. The van der Waals surface area contributed by atoms with Gasteiger partial charge in [-0.2, -0.15) is 4.31 Å². The van der Waals surface area contributed by atoms with Gasteiger partial charge in [-0.05, 0) is 19.8 Å². The molecule has 0 N–H and O–H groups in total. The fourth-order valence-corrected chi connectivity index (χ4v) is 5.51. The monoisotopic (exact) mass is 332 g/mol. The first kappa shape index (κ1) is 16.4. The summed E-state index contributed by atoms with van der Waals surface area (Å²) in [7, 11) is -0.667. The molecule has 1 aliphatic carbocycles. The van der Waals surface area contributed by atoms with Gasteiger partial charge in [0.15, 0.2) is 0 Å². The highest BCUT2D eigenvalue weighted by Gasteiger charge is 2.44. The van der Waals surface area contributed by atoms with Crippen LogP contribution in [0, 0.1) is 12.8 Å². The number of rotatable bonds is 5. The smallest absolute Gasteiger partial charge is 0.310 e. The highest BCUT2D eigenvalue weighted by Crippen LogP contribution is 2.34. The van der Waals surface area contributed by atoms with E-state index in [9.17, 15) is 13.2 Å². The summed E-state index contributed by atoms with van der Waals surface area (Å²) < 4.78 is 31.5. The maximum atomic E-state index is 12.7. The Kier molecular flexibility index (Phi) is 5.00. The van der Waals surface area contributed by atoms with Crippen molar-refractivity contribution in [2.45, 2.75) is 38.0 Å². The van der Waals surface area contributed by atoms with Crippen LogP contribution in [0.15, 0.2) is 5.51 Å². The third kappa shape index (κ3) is 3.27. The highest BCUT2D eigenvalue weighted by atomic mass is 32.2. The van der Waals surface area contributed by atoms with E-state index in [1.165, 1.54) is 22.8 Å². The molecule has 21 heavy (non-hydrogen) atoms.